The molecule has 10 aromatic heterocycles. The number of pyridine rings is 1. The van der Waals surface area contributed by atoms with E-state index < -0.39 is 0 Å². The Morgan fingerprint density at radius 1 is 0.171 bits per heavy atom. The van der Waals surface area contributed by atoms with Gasteiger partial charge in [0.25, 0.3) is 0 Å². The third-order valence-corrected chi connectivity index (χ3v) is 24.8. The highest BCUT2D eigenvalue weighted by Gasteiger charge is 2.23. The number of nitrogens with zero attached hydrogens (tertiary/aromatic N) is 16. The van der Waals surface area contributed by atoms with Crippen molar-refractivity contribution in [2.45, 2.75) is 0 Å². The molecule has 0 bridgehead atoms. The summed E-state index contributed by atoms with van der Waals surface area (Å²) < 4.78 is 4.42. The molecule has 0 N–H and O–H groups in total. The second-order valence-corrected chi connectivity index (χ2v) is 32.3. The zero-order valence-electron chi connectivity index (χ0n) is 65.2. The molecule has 0 radical (unpaired) electrons. The van der Waals surface area contributed by atoms with Gasteiger partial charge >= 0.3 is 0 Å². The Labute approximate surface area is 715 Å². The number of fused-ring (bicyclic) bond motifs is 13. The summed E-state index contributed by atoms with van der Waals surface area (Å²) in [5.74, 6) is 5.51. The van der Waals surface area contributed by atoms with E-state index in [-0.39, 0.29) is 0 Å². The van der Waals surface area contributed by atoms with Crippen LogP contribution >= 0.6 is 34.0 Å². The first kappa shape index (κ1) is 73.3. The molecule has 0 aliphatic carbocycles. The van der Waals surface area contributed by atoms with Crippen LogP contribution in [0.2, 0.25) is 0 Å². The number of thiophene rings is 3. The van der Waals surface area contributed by atoms with Crippen molar-refractivity contribution in [3.63, 3.8) is 0 Å². The molecule has 123 heavy (non-hydrogen) atoms. The molecule has 14 aromatic carbocycles. The smallest absolute Gasteiger partial charge is 0.166 e. The van der Waals surface area contributed by atoms with Crippen LogP contribution in [-0.4, -0.2) is 80.0 Å². The molecule has 576 valence electrons. The topological polar surface area (TPSA) is 206 Å². The van der Waals surface area contributed by atoms with Gasteiger partial charge in [0.2, 0.25) is 0 Å². The third-order valence-electron chi connectivity index (χ3n) is 21.4. The van der Waals surface area contributed by atoms with Crippen molar-refractivity contribution in [1.29, 1.82) is 0 Å². The standard InChI is InChI=1S/2C35H21N5S.C34H20N6S/c1-3-10-22(11-4-1)23-18-20-25(21-19-23)33-38-32(24-12-5-2-6-13-24)39-34(40-33)27-15-9-16-28-30(27)37-35-31(36-28)26-14-7-8-17-29(26)41-35;1-3-9-22(10-4-1)23-15-17-25(18-16-23)34-36-33(24-11-5-2-6-12-24)37-35(38-34)26-19-20-30-28(21-26)31-32(41-30)27-13-7-8-14-29(27)39-40-31;1-3-9-21(10-4-1)22-15-17-24(18-16-22)32-38-31(23-11-5-2-6-12-23)39-33(40-32)25-19-20-35-28-29-34(41-30(25)28)37-27-14-8-7-13-26(27)36-29/h2*1-21H;1-20H. The lowest BCUT2D eigenvalue weighted by molar-refractivity contribution is 1.07. The monoisotopic (exact) mass is 1630 g/mol. The highest BCUT2D eigenvalue weighted by Crippen LogP contribution is 2.42. The van der Waals surface area contributed by atoms with Gasteiger partial charge in [-0.25, -0.2) is 64.8 Å². The number of aromatic nitrogens is 16. The minimum atomic E-state index is 0.571. The van der Waals surface area contributed by atoms with Crippen LogP contribution in [0.1, 0.15) is 0 Å². The number of para-hydroxylation sites is 3. The van der Waals surface area contributed by atoms with Gasteiger partial charge in [0.1, 0.15) is 37.2 Å². The summed E-state index contributed by atoms with van der Waals surface area (Å²) in [5, 5.41) is 12.4. The van der Waals surface area contributed by atoms with E-state index in [4.69, 9.17) is 69.8 Å². The fourth-order valence-electron chi connectivity index (χ4n) is 15.3. The van der Waals surface area contributed by atoms with Crippen molar-refractivity contribution in [3.8, 4) is 136 Å². The fourth-order valence-corrected chi connectivity index (χ4v) is 18.5. The van der Waals surface area contributed by atoms with Gasteiger partial charge in [-0.3, -0.25) is 4.98 Å². The minimum absolute atomic E-state index is 0.571. The van der Waals surface area contributed by atoms with Crippen molar-refractivity contribution < 1.29 is 0 Å². The quantitative estimate of drug-likeness (QED) is 0.111. The summed E-state index contributed by atoms with van der Waals surface area (Å²) in [6.07, 6.45) is 1.79. The van der Waals surface area contributed by atoms with Crippen molar-refractivity contribution in [3.05, 3.63) is 376 Å². The molecule has 0 aliphatic rings. The van der Waals surface area contributed by atoms with Gasteiger partial charge in [-0.2, -0.15) is 0 Å². The van der Waals surface area contributed by atoms with E-state index in [0.29, 0.717) is 52.4 Å². The van der Waals surface area contributed by atoms with Gasteiger partial charge < -0.3 is 0 Å². The number of rotatable bonds is 12. The molecule has 0 atom stereocenters. The van der Waals surface area contributed by atoms with E-state index in [1.807, 2.05) is 212 Å². The normalized spacial score (nSPS) is 11.4. The molecule has 16 nitrogen and oxygen atoms in total. The van der Waals surface area contributed by atoms with Crippen molar-refractivity contribution in [1.82, 2.24) is 80.0 Å². The predicted octanol–water partition coefficient (Wildman–Crippen LogP) is 25.9. The van der Waals surface area contributed by atoms with Gasteiger partial charge in [0.15, 0.2) is 52.4 Å². The summed E-state index contributed by atoms with van der Waals surface area (Å²) in [6.45, 7) is 0. The van der Waals surface area contributed by atoms with Crippen LogP contribution in [0.3, 0.4) is 0 Å². The summed E-state index contributed by atoms with van der Waals surface area (Å²) in [6, 6.07) is 125. The van der Waals surface area contributed by atoms with E-state index >= 15 is 0 Å². The van der Waals surface area contributed by atoms with Gasteiger partial charge in [0, 0.05) is 81.8 Å². The maximum Gasteiger partial charge on any atom is 0.166 e. The minimum Gasteiger partial charge on any atom is -0.253 e. The SMILES string of the molecule is c1ccc(-c2ccc(-c3nc(-c4ccccc4)nc(-c4ccc5sc6c7ccccc7nnc6c5c4)n3)cc2)cc1.c1ccc(-c2ccc(-c3nc(-c4ccccc4)nc(-c4cccc5nc6c(nc45)sc4ccccc46)n3)cc2)cc1.c1ccc(-c2ccc(-c3nc(-c4ccccc4)nc(-c4ccnc5c4sc4nc6ccccc6nc45)n3)cc2)cc1. The van der Waals surface area contributed by atoms with Crippen LogP contribution in [0.5, 0.6) is 0 Å². The average Bonchev–Trinajstić information content (AvgIpc) is 1.61. The summed E-state index contributed by atoms with van der Waals surface area (Å²) >= 11 is 4.96. The second kappa shape index (κ2) is 32.0. The highest BCUT2D eigenvalue weighted by atomic mass is 32.1. The van der Waals surface area contributed by atoms with Crippen LogP contribution < -0.4 is 0 Å². The molecule has 0 aliphatic heterocycles. The number of benzene rings is 14. The zero-order valence-corrected chi connectivity index (χ0v) is 67.6. The molecule has 24 rings (SSSR count). The van der Waals surface area contributed by atoms with Gasteiger partial charge in [0.05, 0.1) is 31.5 Å². The molecule has 0 saturated carbocycles. The number of hydrogen-bond acceptors (Lipinski definition) is 19. The highest BCUT2D eigenvalue weighted by molar-refractivity contribution is 7.27. The van der Waals surface area contributed by atoms with Crippen molar-refractivity contribution in [2.24, 2.45) is 0 Å². The molecular formula is C104H62N16S3. The van der Waals surface area contributed by atoms with Crippen LogP contribution in [-0.2, 0) is 0 Å². The lowest BCUT2D eigenvalue weighted by Crippen LogP contribution is -2.01. The molecule has 0 amide bonds. The number of hydrogen-bond donors (Lipinski definition) is 0. The Hall–Kier alpha value is -16.1. The Balaban J connectivity index is 0.000000110. The van der Waals surface area contributed by atoms with E-state index in [1.54, 1.807) is 40.2 Å². The summed E-state index contributed by atoms with van der Waals surface area (Å²) in [5.41, 5.74) is 22.8. The first-order valence-electron chi connectivity index (χ1n) is 39.9. The first-order chi connectivity index (χ1) is 60.9. The maximum atomic E-state index is 5.10. The van der Waals surface area contributed by atoms with Gasteiger partial charge in [-0.15, -0.1) is 44.2 Å². The Kier molecular flexibility index (Phi) is 19.1. The molecule has 0 spiro atoms. The Morgan fingerprint density at radius 2 is 0.537 bits per heavy atom. The van der Waals surface area contributed by atoms with Crippen LogP contribution in [0, 0.1) is 0 Å². The van der Waals surface area contributed by atoms with Crippen LogP contribution in [0.25, 0.3) is 230 Å². The molecule has 10 heterocycles. The van der Waals surface area contributed by atoms with E-state index in [1.165, 1.54) is 21.4 Å². The zero-order chi connectivity index (χ0) is 81.5. The Morgan fingerprint density at radius 3 is 1.05 bits per heavy atom. The van der Waals surface area contributed by atoms with E-state index in [9.17, 15) is 0 Å². The molecule has 0 unspecified atom stereocenters. The average molecular weight is 1630 g/mol. The summed E-state index contributed by atoms with van der Waals surface area (Å²) in [7, 11) is 0. The lowest BCUT2D eigenvalue weighted by atomic mass is 10.0. The summed E-state index contributed by atoms with van der Waals surface area (Å²) in [4.78, 5) is 70.8. The maximum absolute atomic E-state index is 5.10. The van der Waals surface area contributed by atoms with E-state index in [2.05, 4.69) is 168 Å². The van der Waals surface area contributed by atoms with Crippen molar-refractivity contribution >= 4 is 128 Å². The first-order valence-corrected chi connectivity index (χ1v) is 42.4. The fraction of sp³-hybridized carbons (Fsp3) is 0. The third kappa shape index (κ3) is 14.5. The van der Waals surface area contributed by atoms with Crippen LogP contribution in [0.4, 0.5) is 0 Å². The van der Waals surface area contributed by atoms with E-state index in [0.717, 1.165) is 156 Å². The molecular weight excluding hydrogens is 1570 g/mol. The largest absolute Gasteiger partial charge is 0.253 e. The molecule has 0 saturated heterocycles. The van der Waals surface area contributed by atoms with Crippen molar-refractivity contribution in [2.75, 3.05) is 0 Å². The van der Waals surface area contributed by atoms with Gasteiger partial charge in [-0.05, 0) is 94.0 Å². The van der Waals surface area contributed by atoms with Gasteiger partial charge in [-0.1, -0.05) is 309 Å². The molecule has 19 heteroatoms. The van der Waals surface area contributed by atoms with Crippen LogP contribution in [0.15, 0.2) is 376 Å². The molecule has 0 fully saturated rings. The lowest BCUT2D eigenvalue weighted by Gasteiger charge is -2.10. The second-order valence-electron chi connectivity index (χ2n) is 29.2. The Bertz CT molecular complexity index is 7910. The predicted molar refractivity (Wildman–Crippen MR) is 500 cm³/mol. The molecule has 24 aromatic rings.